The molecule has 1 atom stereocenters. The molecule has 1 fully saturated rings. The quantitative estimate of drug-likeness (QED) is 0.571. The number of carbonyl (C=O) groups is 1. The monoisotopic (exact) mass is 433 g/mol. The summed E-state index contributed by atoms with van der Waals surface area (Å²) in [6, 6.07) is 6.95. The van der Waals surface area contributed by atoms with Gasteiger partial charge in [0.25, 0.3) is 5.56 Å². The van der Waals surface area contributed by atoms with Crippen molar-refractivity contribution in [3.05, 3.63) is 63.5 Å². The van der Waals surface area contributed by atoms with E-state index in [-0.39, 0.29) is 23.6 Å². The average Bonchev–Trinajstić information content (AvgIpc) is 3.36. The van der Waals surface area contributed by atoms with Crippen molar-refractivity contribution in [2.75, 3.05) is 6.54 Å². The van der Waals surface area contributed by atoms with Crippen molar-refractivity contribution in [1.82, 2.24) is 13.7 Å². The molecular weight excluding hydrogens is 414 g/mol. The maximum absolute atomic E-state index is 13.0. The van der Waals surface area contributed by atoms with Crippen LogP contribution in [0.4, 0.5) is 0 Å². The van der Waals surface area contributed by atoms with Crippen LogP contribution in [0.2, 0.25) is 0 Å². The van der Waals surface area contributed by atoms with E-state index >= 15 is 0 Å². The molecule has 3 aromatic rings. The highest BCUT2D eigenvalue weighted by molar-refractivity contribution is 7.89. The van der Waals surface area contributed by atoms with Gasteiger partial charge in [0.05, 0.1) is 10.6 Å². The van der Waals surface area contributed by atoms with Crippen molar-refractivity contribution in [3.8, 4) is 0 Å². The molecule has 4 rings (SSSR count). The van der Waals surface area contributed by atoms with Gasteiger partial charge in [-0.15, -0.1) is 11.3 Å². The number of thiazole rings is 1. The van der Waals surface area contributed by atoms with Crippen LogP contribution in [0.3, 0.4) is 0 Å². The number of esters is 1. The lowest BCUT2D eigenvalue weighted by Gasteiger charge is -2.22. The van der Waals surface area contributed by atoms with Crippen LogP contribution in [-0.4, -0.2) is 40.7 Å². The van der Waals surface area contributed by atoms with Crippen LogP contribution in [0, 0.1) is 6.92 Å². The van der Waals surface area contributed by atoms with E-state index < -0.39 is 22.0 Å². The van der Waals surface area contributed by atoms with Crippen LogP contribution >= 0.6 is 11.3 Å². The molecule has 0 amide bonds. The van der Waals surface area contributed by atoms with Crippen LogP contribution in [-0.2, 0) is 26.2 Å². The summed E-state index contributed by atoms with van der Waals surface area (Å²) in [6.07, 6.45) is 2.59. The summed E-state index contributed by atoms with van der Waals surface area (Å²) < 4.78 is 33.8. The maximum Gasteiger partial charge on any atom is 0.324 e. The second kappa shape index (κ2) is 7.69. The summed E-state index contributed by atoms with van der Waals surface area (Å²) >= 11 is 1.30. The van der Waals surface area contributed by atoms with Gasteiger partial charge in [-0.1, -0.05) is 17.7 Å². The van der Waals surface area contributed by atoms with Crippen LogP contribution < -0.4 is 5.56 Å². The molecule has 0 aliphatic carbocycles. The third-order valence-corrected chi connectivity index (χ3v) is 7.50. The van der Waals surface area contributed by atoms with Gasteiger partial charge in [0.2, 0.25) is 10.0 Å². The van der Waals surface area contributed by atoms with E-state index in [0.717, 1.165) is 5.56 Å². The Balaban J connectivity index is 1.50. The van der Waals surface area contributed by atoms with Gasteiger partial charge in [-0.3, -0.25) is 14.0 Å². The summed E-state index contributed by atoms with van der Waals surface area (Å²) in [5.74, 6) is -0.633. The zero-order valence-corrected chi connectivity index (χ0v) is 17.3. The Labute approximate surface area is 171 Å². The normalized spacial score (nSPS) is 17.6. The molecule has 0 N–H and O–H groups in total. The van der Waals surface area contributed by atoms with E-state index in [1.54, 1.807) is 35.8 Å². The second-order valence-electron chi connectivity index (χ2n) is 6.84. The fourth-order valence-corrected chi connectivity index (χ4v) is 5.70. The zero-order valence-electron chi connectivity index (χ0n) is 15.6. The number of aryl methyl sites for hydroxylation is 1. The van der Waals surface area contributed by atoms with Crippen molar-refractivity contribution < 1.29 is 17.9 Å². The van der Waals surface area contributed by atoms with E-state index in [4.69, 9.17) is 4.74 Å². The lowest BCUT2D eigenvalue weighted by atomic mass is 10.2. The molecule has 152 valence electrons. The van der Waals surface area contributed by atoms with Gasteiger partial charge in [-0.25, -0.2) is 13.4 Å². The fourth-order valence-electron chi connectivity index (χ4n) is 3.31. The van der Waals surface area contributed by atoms with E-state index in [9.17, 15) is 18.0 Å². The number of hydrogen-bond acceptors (Lipinski definition) is 7. The molecule has 0 saturated carbocycles. The first-order valence-electron chi connectivity index (χ1n) is 9.07. The number of rotatable bonds is 5. The molecule has 8 nitrogen and oxygen atoms in total. The first-order valence-corrected chi connectivity index (χ1v) is 11.4. The molecule has 1 aromatic carbocycles. The molecule has 1 aliphatic heterocycles. The van der Waals surface area contributed by atoms with Crippen molar-refractivity contribution in [3.63, 3.8) is 0 Å². The predicted octanol–water partition coefficient (Wildman–Crippen LogP) is 1.96. The van der Waals surface area contributed by atoms with Crippen molar-refractivity contribution in [2.45, 2.75) is 37.3 Å². The summed E-state index contributed by atoms with van der Waals surface area (Å²) in [4.78, 5) is 29.6. The smallest absolute Gasteiger partial charge is 0.324 e. The summed E-state index contributed by atoms with van der Waals surface area (Å²) in [6.45, 7) is 1.95. The molecule has 0 radical (unpaired) electrons. The number of benzene rings is 1. The lowest BCUT2D eigenvalue weighted by molar-refractivity contribution is -0.148. The molecule has 29 heavy (non-hydrogen) atoms. The minimum Gasteiger partial charge on any atom is -0.458 e. The third-order valence-electron chi connectivity index (χ3n) is 4.82. The third kappa shape index (κ3) is 3.83. The second-order valence-corrected chi connectivity index (χ2v) is 9.60. The van der Waals surface area contributed by atoms with E-state index in [2.05, 4.69) is 4.98 Å². The summed E-state index contributed by atoms with van der Waals surface area (Å²) in [5.41, 5.74) is 1.02. The number of sulfonamides is 1. The molecule has 0 spiro atoms. The zero-order chi connectivity index (χ0) is 20.6. The van der Waals surface area contributed by atoms with Crippen LogP contribution in [0.25, 0.3) is 4.96 Å². The largest absolute Gasteiger partial charge is 0.458 e. The Morgan fingerprint density at radius 1 is 1.31 bits per heavy atom. The Bertz CT molecular complexity index is 1210. The Hall–Kier alpha value is -2.56. The van der Waals surface area contributed by atoms with Gasteiger partial charge >= 0.3 is 5.97 Å². The SMILES string of the molecule is Cc1ccc(S(=O)(=O)N2CCC[C@H]2C(=O)OCc2cc(=O)n3ccsc3n2)cc1. The maximum atomic E-state index is 13.0. The molecule has 1 aliphatic rings. The highest BCUT2D eigenvalue weighted by atomic mass is 32.2. The number of carbonyl (C=O) groups excluding carboxylic acids is 1. The van der Waals surface area contributed by atoms with E-state index in [0.29, 0.717) is 23.5 Å². The first-order chi connectivity index (χ1) is 13.9. The molecule has 3 heterocycles. The Morgan fingerprint density at radius 2 is 2.07 bits per heavy atom. The number of hydrogen-bond donors (Lipinski definition) is 0. The minimum absolute atomic E-state index is 0.153. The van der Waals surface area contributed by atoms with Gasteiger partial charge in [0, 0.05) is 24.2 Å². The Kier molecular flexibility index (Phi) is 5.24. The number of fused-ring (bicyclic) bond motifs is 1. The summed E-state index contributed by atoms with van der Waals surface area (Å²) in [5, 5.41) is 1.74. The van der Waals surface area contributed by atoms with Gasteiger partial charge in [-0.2, -0.15) is 4.31 Å². The number of nitrogens with zero attached hydrogens (tertiary/aromatic N) is 3. The highest BCUT2D eigenvalue weighted by Gasteiger charge is 2.40. The average molecular weight is 434 g/mol. The molecular formula is C19H19N3O5S2. The first kappa shape index (κ1) is 19.7. The number of ether oxygens (including phenoxy) is 1. The fraction of sp³-hybridized carbons (Fsp3) is 0.316. The van der Waals surface area contributed by atoms with E-state index in [1.165, 1.54) is 26.1 Å². The molecule has 0 unspecified atom stereocenters. The van der Waals surface area contributed by atoms with Gasteiger partial charge in [0.15, 0.2) is 4.96 Å². The van der Waals surface area contributed by atoms with E-state index in [1.807, 2.05) is 6.92 Å². The van der Waals surface area contributed by atoms with Gasteiger partial charge < -0.3 is 4.74 Å². The predicted molar refractivity (Wildman–Crippen MR) is 107 cm³/mol. The summed E-state index contributed by atoms with van der Waals surface area (Å²) in [7, 11) is -3.80. The van der Waals surface area contributed by atoms with Gasteiger partial charge in [0.1, 0.15) is 12.6 Å². The highest BCUT2D eigenvalue weighted by Crippen LogP contribution is 2.27. The molecule has 10 heteroatoms. The lowest BCUT2D eigenvalue weighted by Crippen LogP contribution is -2.41. The molecule has 1 saturated heterocycles. The van der Waals surface area contributed by atoms with Crippen LogP contribution in [0.15, 0.2) is 51.6 Å². The molecule has 0 bridgehead atoms. The molecule has 2 aromatic heterocycles. The standard InChI is InChI=1S/C19H19N3O5S2/c1-13-4-6-15(7-5-13)29(25,26)22-8-2-3-16(22)18(24)27-12-14-11-17(23)21-9-10-28-19(21)20-14/h4-7,9-11,16H,2-3,8,12H2,1H3/t16-/m0/s1. The Morgan fingerprint density at radius 3 is 2.83 bits per heavy atom. The topological polar surface area (TPSA) is 98.0 Å². The van der Waals surface area contributed by atoms with Gasteiger partial charge in [-0.05, 0) is 31.9 Å². The van der Waals surface area contributed by atoms with Crippen molar-refractivity contribution in [2.24, 2.45) is 0 Å². The van der Waals surface area contributed by atoms with Crippen LogP contribution in [0.1, 0.15) is 24.1 Å². The minimum atomic E-state index is -3.80. The van der Waals surface area contributed by atoms with Crippen molar-refractivity contribution >= 4 is 32.3 Å². The van der Waals surface area contributed by atoms with Crippen molar-refractivity contribution in [1.29, 1.82) is 0 Å². The van der Waals surface area contributed by atoms with Crippen LogP contribution in [0.5, 0.6) is 0 Å². The number of aromatic nitrogens is 2.